The third-order valence-electron chi connectivity index (χ3n) is 2.47. The van der Waals surface area contributed by atoms with Gasteiger partial charge in [0, 0.05) is 22.0 Å². The molecule has 1 aromatic carbocycles. The second-order valence-corrected chi connectivity index (χ2v) is 6.96. The van der Waals surface area contributed by atoms with Gasteiger partial charge in [-0.25, -0.2) is 0 Å². The van der Waals surface area contributed by atoms with Gasteiger partial charge in [-0.3, -0.25) is 4.79 Å². The lowest BCUT2D eigenvalue weighted by Crippen LogP contribution is -2.10. The molecule has 0 bridgehead atoms. The number of rotatable bonds is 1. The predicted octanol–water partition coefficient (Wildman–Crippen LogP) is 3.85. The van der Waals surface area contributed by atoms with E-state index in [0.29, 0.717) is 17.5 Å². The molecule has 0 unspecified atom stereocenters. The summed E-state index contributed by atoms with van der Waals surface area (Å²) in [7, 11) is 0. The number of ketones is 1. The molecule has 1 aliphatic carbocycles. The topological polar surface area (TPSA) is 17.1 Å². The largest absolute Gasteiger partial charge is 0.294 e. The Hall–Kier alpha value is -0.760. The minimum Gasteiger partial charge on any atom is -0.294 e. The first kappa shape index (κ1) is 10.7. The van der Waals surface area contributed by atoms with Gasteiger partial charge in [0.25, 0.3) is 0 Å². The molecule has 1 atom stereocenters. The van der Waals surface area contributed by atoms with E-state index in [9.17, 15) is 4.79 Å². The van der Waals surface area contributed by atoms with Gasteiger partial charge in [-0.1, -0.05) is 45.0 Å². The number of thioether (sulfide) groups is 1. The summed E-state index contributed by atoms with van der Waals surface area (Å²) in [5, 5.41) is 0.355. The summed E-state index contributed by atoms with van der Waals surface area (Å²) in [5.41, 5.74) is 2.15. The minimum atomic E-state index is 0.211. The highest BCUT2D eigenvalue weighted by molar-refractivity contribution is 8.00. The fraction of sp³-hybridized carbons (Fsp3) is 0.462. The van der Waals surface area contributed by atoms with Crippen LogP contribution in [0.2, 0.25) is 0 Å². The molecule has 0 saturated carbocycles. The zero-order valence-electron chi connectivity index (χ0n) is 9.41. The molecule has 80 valence electrons. The van der Waals surface area contributed by atoms with Gasteiger partial charge in [-0.2, -0.15) is 0 Å². The third kappa shape index (κ3) is 2.25. The van der Waals surface area contributed by atoms with Crippen LogP contribution in [0.25, 0.3) is 0 Å². The quantitative estimate of drug-likeness (QED) is 0.715. The Kier molecular flexibility index (Phi) is 2.63. The van der Waals surface area contributed by atoms with E-state index in [1.807, 2.05) is 30.0 Å². The van der Waals surface area contributed by atoms with Crippen LogP contribution in [0.15, 0.2) is 24.3 Å². The van der Waals surface area contributed by atoms with Crippen molar-refractivity contribution in [2.45, 2.75) is 37.2 Å². The summed E-state index contributed by atoms with van der Waals surface area (Å²) < 4.78 is 0.211. The smallest absolute Gasteiger partial charge is 0.164 e. The number of hydrogen-bond acceptors (Lipinski definition) is 2. The first-order chi connectivity index (χ1) is 6.97. The molecular formula is C13H16OS. The van der Waals surface area contributed by atoms with Crippen molar-refractivity contribution in [1.29, 1.82) is 0 Å². The third-order valence-corrected chi connectivity index (χ3v) is 3.89. The Morgan fingerprint density at radius 2 is 1.93 bits per heavy atom. The summed E-state index contributed by atoms with van der Waals surface area (Å²) >= 11 is 1.89. The standard InChI is InChI=1S/C13H16OS/c1-13(2,3)15-12-8-11(14)9-6-4-5-7-10(9)12/h4-7,12H,8H2,1-3H3/t12-/m0/s1. The number of hydrogen-bond donors (Lipinski definition) is 0. The molecule has 0 spiro atoms. The van der Waals surface area contributed by atoms with Gasteiger partial charge in [-0.05, 0) is 5.56 Å². The molecule has 0 N–H and O–H groups in total. The van der Waals surface area contributed by atoms with Crippen LogP contribution in [-0.4, -0.2) is 10.5 Å². The zero-order chi connectivity index (χ0) is 11.1. The summed E-state index contributed by atoms with van der Waals surface area (Å²) in [5.74, 6) is 0.298. The van der Waals surface area contributed by atoms with E-state index in [2.05, 4.69) is 26.8 Å². The Bertz CT molecular complexity index is 390. The second kappa shape index (κ2) is 3.67. The van der Waals surface area contributed by atoms with Crippen LogP contribution in [0.4, 0.5) is 0 Å². The Labute approximate surface area is 95.3 Å². The van der Waals surface area contributed by atoms with Crippen LogP contribution >= 0.6 is 11.8 Å². The van der Waals surface area contributed by atoms with Crippen LogP contribution < -0.4 is 0 Å². The highest BCUT2D eigenvalue weighted by Gasteiger charge is 2.31. The number of Topliss-reactive ketones (excluding diaryl/α,β-unsaturated/α-hetero) is 1. The van der Waals surface area contributed by atoms with Crippen molar-refractivity contribution in [3.8, 4) is 0 Å². The van der Waals surface area contributed by atoms with Crippen LogP contribution in [0, 0.1) is 0 Å². The van der Waals surface area contributed by atoms with Crippen molar-refractivity contribution in [3.63, 3.8) is 0 Å². The van der Waals surface area contributed by atoms with Gasteiger partial charge in [-0.15, -0.1) is 11.8 Å². The average molecular weight is 220 g/mol. The highest BCUT2D eigenvalue weighted by Crippen LogP contribution is 2.46. The number of carbonyl (C=O) groups is 1. The van der Waals surface area contributed by atoms with Crippen molar-refractivity contribution in [3.05, 3.63) is 35.4 Å². The summed E-state index contributed by atoms with van der Waals surface area (Å²) in [4.78, 5) is 11.7. The van der Waals surface area contributed by atoms with Crippen molar-refractivity contribution in [1.82, 2.24) is 0 Å². The Balaban J connectivity index is 2.29. The van der Waals surface area contributed by atoms with Crippen molar-refractivity contribution in [2.24, 2.45) is 0 Å². The van der Waals surface area contributed by atoms with Gasteiger partial charge in [0.1, 0.15) is 0 Å². The first-order valence-electron chi connectivity index (χ1n) is 5.27. The zero-order valence-corrected chi connectivity index (χ0v) is 10.2. The summed E-state index contributed by atoms with van der Waals surface area (Å²) in [6.07, 6.45) is 0.668. The molecule has 0 fully saturated rings. The molecule has 0 radical (unpaired) electrons. The molecule has 15 heavy (non-hydrogen) atoms. The van der Waals surface area contributed by atoms with E-state index < -0.39 is 0 Å². The molecule has 0 saturated heterocycles. The van der Waals surface area contributed by atoms with Crippen LogP contribution in [0.3, 0.4) is 0 Å². The monoisotopic (exact) mass is 220 g/mol. The molecule has 0 heterocycles. The van der Waals surface area contributed by atoms with Crippen molar-refractivity contribution < 1.29 is 4.79 Å². The normalized spacial score (nSPS) is 20.5. The lowest BCUT2D eigenvalue weighted by atomic mass is 10.1. The minimum absolute atomic E-state index is 0.211. The Morgan fingerprint density at radius 1 is 1.27 bits per heavy atom. The molecule has 0 aromatic heterocycles. The van der Waals surface area contributed by atoms with E-state index in [1.54, 1.807) is 0 Å². The molecule has 0 amide bonds. The predicted molar refractivity (Wildman–Crippen MR) is 65.5 cm³/mol. The Morgan fingerprint density at radius 3 is 2.60 bits per heavy atom. The second-order valence-electron chi connectivity index (χ2n) is 4.93. The fourth-order valence-electron chi connectivity index (χ4n) is 1.95. The first-order valence-corrected chi connectivity index (χ1v) is 6.15. The van der Waals surface area contributed by atoms with Gasteiger partial charge in [0.15, 0.2) is 5.78 Å². The van der Waals surface area contributed by atoms with E-state index in [0.717, 1.165) is 5.56 Å². The number of carbonyl (C=O) groups excluding carboxylic acids is 1. The SMILES string of the molecule is CC(C)(C)S[C@H]1CC(=O)c2ccccc21. The van der Waals surface area contributed by atoms with E-state index in [-0.39, 0.29) is 4.75 Å². The molecule has 1 nitrogen and oxygen atoms in total. The maximum absolute atomic E-state index is 11.7. The van der Waals surface area contributed by atoms with Gasteiger partial charge in [0.2, 0.25) is 0 Å². The van der Waals surface area contributed by atoms with E-state index in [1.165, 1.54) is 5.56 Å². The van der Waals surface area contributed by atoms with E-state index >= 15 is 0 Å². The van der Waals surface area contributed by atoms with Gasteiger partial charge < -0.3 is 0 Å². The lowest BCUT2D eigenvalue weighted by molar-refractivity contribution is 0.0994. The number of benzene rings is 1. The lowest BCUT2D eigenvalue weighted by Gasteiger charge is -2.22. The fourth-order valence-corrected chi connectivity index (χ4v) is 3.37. The summed E-state index contributed by atoms with van der Waals surface area (Å²) in [6, 6.07) is 8.00. The van der Waals surface area contributed by atoms with Gasteiger partial charge in [0.05, 0.1) is 0 Å². The van der Waals surface area contributed by atoms with Crippen LogP contribution in [-0.2, 0) is 0 Å². The molecule has 2 rings (SSSR count). The maximum Gasteiger partial charge on any atom is 0.164 e. The number of fused-ring (bicyclic) bond motifs is 1. The maximum atomic E-state index is 11.7. The van der Waals surface area contributed by atoms with Crippen LogP contribution in [0.1, 0.15) is 48.4 Å². The molecule has 1 aliphatic rings. The summed E-state index contributed by atoms with van der Waals surface area (Å²) in [6.45, 7) is 6.59. The van der Waals surface area contributed by atoms with Crippen molar-refractivity contribution >= 4 is 17.5 Å². The molecular weight excluding hydrogens is 204 g/mol. The molecule has 2 heteroatoms. The highest BCUT2D eigenvalue weighted by atomic mass is 32.2. The molecule has 1 aromatic rings. The van der Waals surface area contributed by atoms with Crippen molar-refractivity contribution in [2.75, 3.05) is 0 Å². The average Bonchev–Trinajstić information content (AvgIpc) is 2.42. The van der Waals surface area contributed by atoms with Gasteiger partial charge >= 0.3 is 0 Å². The van der Waals surface area contributed by atoms with Crippen LogP contribution in [0.5, 0.6) is 0 Å². The van der Waals surface area contributed by atoms with E-state index in [4.69, 9.17) is 0 Å². The molecule has 0 aliphatic heterocycles.